The van der Waals surface area contributed by atoms with E-state index < -0.39 is 0 Å². The molecule has 2 atom stereocenters. The molecule has 1 spiro atoms. The summed E-state index contributed by atoms with van der Waals surface area (Å²) < 4.78 is 0. The normalized spacial score (nSPS) is 35.0. The third kappa shape index (κ3) is 1.31. The van der Waals surface area contributed by atoms with Gasteiger partial charge in [-0.3, -0.25) is 0 Å². The highest BCUT2D eigenvalue weighted by Crippen LogP contribution is 2.55. The Bertz CT molecular complexity index is 379. The minimum absolute atomic E-state index is 0.103. The van der Waals surface area contributed by atoms with Gasteiger partial charge in [-0.15, -0.1) is 11.3 Å². The first-order valence-corrected chi connectivity index (χ1v) is 6.63. The molecule has 2 heteroatoms. The van der Waals surface area contributed by atoms with Gasteiger partial charge >= 0.3 is 0 Å². The van der Waals surface area contributed by atoms with Crippen LogP contribution in [0.1, 0.15) is 37.0 Å². The fourth-order valence-electron chi connectivity index (χ4n) is 3.25. The zero-order valence-corrected chi connectivity index (χ0v) is 9.59. The number of hydrogen-bond donors (Lipinski definition) is 1. The van der Waals surface area contributed by atoms with Gasteiger partial charge in [0, 0.05) is 10.3 Å². The van der Waals surface area contributed by atoms with Crippen LogP contribution in [0.4, 0.5) is 0 Å². The van der Waals surface area contributed by atoms with Crippen LogP contribution < -0.4 is 0 Å². The van der Waals surface area contributed by atoms with Crippen LogP contribution >= 0.6 is 11.3 Å². The van der Waals surface area contributed by atoms with Gasteiger partial charge in [0.15, 0.2) is 0 Å². The lowest BCUT2D eigenvalue weighted by atomic mass is 9.77. The summed E-state index contributed by atoms with van der Waals surface area (Å²) in [5, 5.41) is 12.3. The summed E-state index contributed by atoms with van der Waals surface area (Å²) >= 11 is 1.80. The molecule has 1 nitrogen and oxygen atoms in total. The van der Waals surface area contributed by atoms with E-state index in [1.807, 2.05) is 0 Å². The van der Waals surface area contributed by atoms with Gasteiger partial charge in [-0.2, -0.15) is 0 Å². The van der Waals surface area contributed by atoms with Crippen molar-refractivity contribution in [2.24, 2.45) is 5.41 Å². The van der Waals surface area contributed by atoms with Crippen molar-refractivity contribution in [3.05, 3.63) is 28.5 Å². The second kappa shape index (κ2) is 3.46. The molecule has 15 heavy (non-hydrogen) atoms. The van der Waals surface area contributed by atoms with Crippen molar-refractivity contribution in [3.8, 4) is 0 Å². The molecule has 1 saturated carbocycles. The Morgan fingerprint density at radius 1 is 1.40 bits per heavy atom. The molecule has 0 bridgehead atoms. The van der Waals surface area contributed by atoms with Gasteiger partial charge in [-0.05, 0) is 49.1 Å². The maximum absolute atomic E-state index is 10.2. The van der Waals surface area contributed by atoms with Crippen LogP contribution in [0.25, 0.3) is 5.57 Å². The molecular weight excluding hydrogens is 204 g/mol. The van der Waals surface area contributed by atoms with Gasteiger partial charge in [-0.1, -0.05) is 12.1 Å². The van der Waals surface area contributed by atoms with Crippen molar-refractivity contribution >= 4 is 16.9 Å². The highest BCUT2D eigenvalue weighted by molar-refractivity contribution is 7.11. The molecule has 1 N–H and O–H groups in total. The van der Waals surface area contributed by atoms with E-state index in [0.717, 1.165) is 19.3 Å². The summed E-state index contributed by atoms with van der Waals surface area (Å²) in [4.78, 5) is 1.37. The van der Waals surface area contributed by atoms with Crippen LogP contribution in [0.15, 0.2) is 23.6 Å². The second-order valence-corrected chi connectivity index (χ2v) is 5.65. The molecule has 1 heterocycles. The zero-order chi connectivity index (χ0) is 10.3. The average molecular weight is 220 g/mol. The molecule has 2 aliphatic carbocycles. The molecule has 0 aliphatic heterocycles. The Morgan fingerprint density at radius 2 is 2.33 bits per heavy atom. The predicted octanol–water partition coefficient (Wildman–Crippen LogP) is 3.46. The molecule has 0 saturated heterocycles. The van der Waals surface area contributed by atoms with E-state index in [-0.39, 0.29) is 11.5 Å². The SMILES string of the molecule is O[C@@H]1CCC[C@]12CCC=C2c1cccs1. The second-order valence-electron chi connectivity index (χ2n) is 4.70. The minimum atomic E-state index is -0.103. The molecule has 0 radical (unpaired) electrons. The van der Waals surface area contributed by atoms with E-state index in [0.29, 0.717) is 0 Å². The van der Waals surface area contributed by atoms with E-state index in [4.69, 9.17) is 0 Å². The Morgan fingerprint density at radius 3 is 3.00 bits per heavy atom. The first-order chi connectivity index (χ1) is 7.33. The Balaban J connectivity index is 2.01. The maximum Gasteiger partial charge on any atom is 0.0637 e. The summed E-state index contributed by atoms with van der Waals surface area (Å²) in [6, 6.07) is 4.29. The first-order valence-electron chi connectivity index (χ1n) is 5.75. The van der Waals surface area contributed by atoms with Gasteiger partial charge in [-0.25, -0.2) is 0 Å². The van der Waals surface area contributed by atoms with Crippen molar-refractivity contribution in [1.29, 1.82) is 0 Å². The molecular formula is C13H16OS. The van der Waals surface area contributed by atoms with Gasteiger partial charge in [0.05, 0.1) is 6.10 Å². The lowest BCUT2D eigenvalue weighted by Crippen LogP contribution is -2.28. The average Bonchev–Trinajstić information content (AvgIpc) is 2.92. The van der Waals surface area contributed by atoms with Gasteiger partial charge in [0.1, 0.15) is 0 Å². The van der Waals surface area contributed by atoms with Crippen molar-refractivity contribution < 1.29 is 5.11 Å². The summed E-state index contributed by atoms with van der Waals surface area (Å²) in [6.45, 7) is 0. The van der Waals surface area contributed by atoms with Crippen molar-refractivity contribution in [3.63, 3.8) is 0 Å². The summed E-state index contributed by atoms with van der Waals surface area (Å²) in [6.07, 6.45) is 7.89. The standard InChI is InChI=1S/C13H16OS/c14-12-6-2-8-13(12)7-1-4-10(13)11-5-3-9-15-11/h3-5,9,12,14H,1-2,6-8H2/t12-,13+/m1/s1. The van der Waals surface area contributed by atoms with Gasteiger partial charge in [0.2, 0.25) is 0 Å². The number of rotatable bonds is 1. The number of thiophene rings is 1. The molecule has 1 aromatic rings. The molecule has 0 unspecified atom stereocenters. The van der Waals surface area contributed by atoms with E-state index in [1.54, 1.807) is 11.3 Å². The molecule has 1 aromatic heterocycles. The molecule has 3 rings (SSSR count). The van der Waals surface area contributed by atoms with Gasteiger partial charge in [0.25, 0.3) is 0 Å². The van der Waals surface area contributed by atoms with E-state index in [1.165, 1.54) is 23.3 Å². The van der Waals surface area contributed by atoms with Crippen molar-refractivity contribution in [2.75, 3.05) is 0 Å². The lowest BCUT2D eigenvalue weighted by Gasteiger charge is -2.31. The van der Waals surface area contributed by atoms with E-state index >= 15 is 0 Å². The van der Waals surface area contributed by atoms with Crippen LogP contribution in [-0.4, -0.2) is 11.2 Å². The number of allylic oxidation sites excluding steroid dienone is 1. The van der Waals surface area contributed by atoms with Crippen LogP contribution in [0.3, 0.4) is 0 Å². The lowest BCUT2D eigenvalue weighted by molar-refractivity contribution is 0.0927. The van der Waals surface area contributed by atoms with E-state index in [9.17, 15) is 5.11 Å². The Hall–Kier alpha value is -0.600. The molecule has 0 amide bonds. The fraction of sp³-hybridized carbons (Fsp3) is 0.538. The van der Waals surface area contributed by atoms with Crippen LogP contribution in [0.5, 0.6) is 0 Å². The fourth-order valence-corrected chi connectivity index (χ4v) is 4.12. The number of aliphatic hydroxyl groups is 1. The highest BCUT2D eigenvalue weighted by Gasteiger charge is 2.47. The quantitative estimate of drug-likeness (QED) is 0.768. The number of aliphatic hydroxyl groups excluding tert-OH is 1. The van der Waals surface area contributed by atoms with Gasteiger partial charge < -0.3 is 5.11 Å². The smallest absolute Gasteiger partial charge is 0.0637 e. The highest BCUT2D eigenvalue weighted by atomic mass is 32.1. The van der Waals surface area contributed by atoms with Crippen molar-refractivity contribution in [2.45, 2.75) is 38.2 Å². The van der Waals surface area contributed by atoms with E-state index in [2.05, 4.69) is 23.6 Å². The number of hydrogen-bond acceptors (Lipinski definition) is 2. The largest absolute Gasteiger partial charge is 0.392 e. The summed E-state index contributed by atoms with van der Waals surface area (Å²) in [7, 11) is 0. The van der Waals surface area contributed by atoms with Crippen LogP contribution in [0.2, 0.25) is 0 Å². The summed E-state index contributed by atoms with van der Waals surface area (Å²) in [5.74, 6) is 0. The van der Waals surface area contributed by atoms with Crippen LogP contribution in [-0.2, 0) is 0 Å². The minimum Gasteiger partial charge on any atom is -0.392 e. The molecule has 1 fully saturated rings. The topological polar surface area (TPSA) is 20.2 Å². The molecule has 80 valence electrons. The van der Waals surface area contributed by atoms with Crippen LogP contribution in [0, 0.1) is 5.41 Å². The molecule has 2 aliphatic rings. The Labute approximate surface area is 94.4 Å². The maximum atomic E-state index is 10.2. The monoisotopic (exact) mass is 220 g/mol. The summed E-state index contributed by atoms with van der Waals surface area (Å²) in [5.41, 5.74) is 1.55. The molecule has 0 aromatic carbocycles. The Kier molecular flexibility index (Phi) is 2.22. The van der Waals surface area contributed by atoms with Crippen molar-refractivity contribution in [1.82, 2.24) is 0 Å². The third-order valence-electron chi connectivity index (χ3n) is 4.00. The first kappa shape index (κ1) is 9.61. The third-order valence-corrected chi connectivity index (χ3v) is 4.90. The predicted molar refractivity (Wildman–Crippen MR) is 63.8 cm³/mol. The zero-order valence-electron chi connectivity index (χ0n) is 8.78.